The molecule has 0 aliphatic rings. The van der Waals surface area contributed by atoms with Crippen LogP contribution in [0.5, 0.6) is 5.88 Å². The number of hydrogen-bond acceptors (Lipinski definition) is 5. The fourth-order valence-corrected chi connectivity index (χ4v) is 1.76. The van der Waals surface area contributed by atoms with Gasteiger partial charge in [-0.15, -0.1) is 0 Å². The molecule has 0 aliphatic carbocycles. The Labute approximate surface area is 117 Å². The van der Waals surface area contributed by atoms with Crippen LogP contribution in [-0.2, 0) is 11.3 Å². The van der Waals surface area contributed by atoms with Crippen LogP contribution in [-0.4, -0.2) is 25.2 Å². The summed E-state index contributed by atoms with van der Waals surface area (Å²) in [6.07, 6.45) is 1.68. The number of nitrogens with zero attached hydrogens (tertiary/aromatic N) is 1. The summed E-state index contributed by atoms with van der Waals surface area (Å²) < 4.78 is 9.82. The van der Waals surface area contributed by atoms with Gasteiger partial charge in [-0.2, -0.15) is 0 Å². The summed E-state index contributed by atoms with van der Waals surface area (Å²) in [4.78, 5) is 15.4. The van der Waals surface area contributed by atoms with Gasteiger partial charge in [0.1, 0.15) is 0 Å². The minimum atomic E-state index is -0.335. The Bertz CT molecular complexity index is 582. The van der Waals surface area contributed by atoms with Gasteiger partial charge in [0, 0.05) is 12.7 Å². The highest BCUT2D eigenvalue weighted by molar-refractivity contribution is 5.89. The first kappa shape index (κ1) is 13.9. The molecule has 5 heteroatoms. The third-order valence-electron chi connectivity index (χ3n) is 2.82. The number of methoxy groups -OCH3 is 2. The zero-order valence-corrected chi connectivity index (χ0v) is 11.4. The minimum Gasteiger partial charge on any atom is -0.480 e. The van der Waals surface area contributed by atoms with Gasteiger partial charge >= 0.3 is 5.97 Å². The monoisotopic (exact) mass is 272 g/mol. The Balaban J connectivity index is 2.02. The molecule has 0 unspecified atom stereocenters. The highest BCUT2D eigenvalue weighted by atomic mass is 16.5. The topological polar surface area (TPSA) is 60.5 Å². The molecule has 0 saturated carbocycles. The first-order valence-electron chi connectivity index (χ1n) is 6.14. The van der Waals surface area contributed by atoms with Gasteiger partial charge in [-0.1, -0.05) is 12.1 Å². The average molecular weight is 272 g/mol. The lowest BCUT2D eigenvalue weighted by Crippen LogP contribution is -2.04. The van der Waals surface area contributed by atoms with Crippen LogP contribution in [0.4, 0.5) is 5.69 Å². The molecule has 2 aromatic rings. The number of pyridine rings is 1. The molecule has 1 N–H and O–H groups in total. The fourth-order valence-electron chi connectivity index (χ4n) is 1.76. The fraction of sp³-hybridized carbons (Fsp3) is 0.200. The maximum atomic E-state index is 11.3. The van der Waals surface area contributed by atoms with E-state index in [1.54, 1.807) is 25.4 Å². The molecule has 2 rings (SSSR count). The highest BCUT2D eigenvalue weighted by Gasteiger charge is 2.05. The lowest BCUT2D eigenvalue weighted by atomic mass is 10.1. The molecule has 0 fully saturated rings. The first-order chi connectivity index (χ1) is 9.74. The molecule has 0 bridgehead atoms. The highest BCUT2D eigenvalue weighted by Crippen LogP contribution is 2.20. The van der Waals surface area contributed by atoms with Gasteiger partial charge in [-0.25, -0.2) is 9.78 Å². The zero-order valence-electron chi connectivity index (χ0n) is 11.4. The maximum Gasteiger partial charge on any atom is 0.337 e. The molecule has 0 saturated heterocycles. The van der Waals surface area contributed by atoms with Crippen molar-refractivity contribution in [1.82, 2.24) is 4.98 Å². The number of aromatic nitrogens is 1. The number of esters is 1. The van der Waals surface area contributed by atoms with E-state index in [0.717, 1.165) is 11.3 Å². The van der Waals surface area contributed by atoms with Crippen LogP contribution in [0.1, 0.15) is 15.9 Å². The van der Waals surface area contributed by atoms with Crippen molar-refractivity contribution in [3.8, 4) is 5.88 Å². The van der Waals surface area contributed by atoms with Crippen molar-refractivity contribution in [3.05, 3.63) is 53.7 Å². The van der Waals surface area contributed by atoms with Crippen molar-refractivity contribution in [3.63, 3.8) is 0 Å². The number of nitrogens with one attached hydrogen (secondary N) is 1. The Morgan fingerprint density at radius 3 is 2.60 bits per heavy atom. The Kier molecular flexibility index (Phi) is 4.55. The number of ether oxygens (including phenoxy) is 2. The second-order valence-corrected chi connectivity index (χ2v) is 4.10. The summed E-state index contributed by atoms with van der Waals surface area (Å²) in [6.45, 7) is 0.615. The van der Waals surface area contributed by atoms with Crippen LogP contribution in [0.15, 0.2) is 42.6 Å². The second kappa shape index (κ2) is 6.56. The summed E-state index contributed by atoms with van der Waals surface area (Å²) in [5, 5.41) is 3.24. The number of anilines is 1. The van der Waals surface area contributed by atoms with Crippen LogP contribution >= 0.6 is 0 Å². The van der Waals surface area contributed by atoms with Gasteiger partial charge in [0.2, 0.25) is 5.88 Å². The van der Waals surface area contributed by atoms with E-state index >= 15 is 0 Å². The van der Waals surface area contributed by atoms with E-state index in [0.29, 0.717) is 18.0 Å². The van der Waals surface area contributed by atoms with E-state index in [-0.39, 0.29) is 5.97 Å². The van der Waals surface area contributed by atoms with Crippen molar-refractivity contribution < 1.29 is 14.3 Å². The van der Waals surface area contributed by atoms with Gasteiger partial charge in [0.15, 0.2) is 0 Å². The molecule has 0 aliphatic heterocycles. The molecular formula is C15H16N2O3. The van der Waals surface area contributed by atoms with Crippen molar-refractivity contribution in [2.24, 2.45) is 0 Å². The number of carbonyl (C=O) groups excluding carboxylic acids is 1. The van der Waals surface area contributed by atoms with Gasteiger partial charge < -0.3 is 14.8 Å². The van der Waals surface area contributed by atoms with Crippen LogP contribution in [0, 0.1) is 0 Å². The lowest BCUT2D eigenvalue weighted by molar-refractivity contribution is 0.0600. The van der Waals surface area contributed by atoms with E-state index in [4.69, 9.17) is 4.74 Å². The Hall–Kier alpha value is -2.56. The Morgan fingerprint density at radius 1 is 1.20 bits per heavy atom. The van der Waals surface area contributed by atoms with Gasteiger partial charge in [0.25, 0.3) is 0 Å². The zero-order chi connectivity index (χ0) is 14.4. The normalized spacial score (nSPS) is 9.90. The molecule has 0 atom stereocenters. The van der Waals surface area contributed by atoms with E-state index < -0.39 is 0 Å². The SMILES string of the molecule is COC(=O)c1ccc(CNc2cccnc2OC)cc1. The molecule has 0 radical (unpaired) electrons. The van der Waals surface area contributed by atoms with Crippen molar-refractivity contribution in [2.45, 2.75) is 6.54 Å². The van der Waals surface area contributed by atoms with Crippen molar-refractivity contribution in [1.29, 1.82) is 0 Å². The number of hydrogen-bond donors (Lipinski definition) is 1. The third kappa shape index (κ3) is 3.26. The minimum absolute atomic E-state index is 0.335. The molecule has 1 heterocycles. The Morgan fingerprint density at radius 2 is 1.95 bits per heavy atom. The summed E-state index contributed by atoms with van der Waals surface area (Å²) in [5.74, 6) is 0.220. The molecular weight excluding hydrogens is 256 g/mol. The van der Waals surface area contributed by atoms with Crippen LogP contribution in [0.3, 0.4) is 0 Å². The largest absolute Gasteiger partial charge is 0.480 e. The maximum absolute atomic E-state index is 11.3. The number of benzene rings is 1. The molecule has 0 amide bonds. The predicted molar refractivity (Wildman–Crippen MR) is 75.9 cm³/mol. The summed E-state index contributed by atoms with van der Waals surface area (Å²) >= 11 is 0. The van der Waals surface area contributed by atoms with E-state index in [1.807, 2.05) is 24.3 Å². The summed E-state index contributed by atoms with van der Waals surface area (Å²) in [7, 11) is 2.95. The standard InChI is InChI=1S/C15H16N2O3/c1-19-14-13(4-3-9-16-14)17-10-11-5-7-12(8-6-11)15(18)20-2/h3-9,17H,10H2,1-2H3. The molecule has 104 valence electrons. The van der Waals surface area contributed by atoms with Gasteiger partial charge in [-0.05, 0) is 29.8 Å². The molecule has 1 aromatic carbocycles. The average Bonchev–Trinajstić information content (AvgIpc) is 2.53. The number of rotatable bonds is 5. The van der Waals surface area contributed by atoms with Gasteiger partial charge in [-0.3, -0.25) is 0 Å². The first-order valence-corrected chi connectivity index (χ1v) is 6.14. The van der Waals surface area contributed by atoms with Crippen LogP contribution < -0.4 is 10.1 Å². The molecule has 5 nitrogen and oxygen atoms in total. The third-order valence-corrected chi connectivity index (χ3v) is 2.82. The van der Waals surface area contributed by atoms with E-state index in [2.05, 4.69) is 15.0 Å². The van der Waals surface area contributed by atoms with Crippen molar-refractivity contribution >= 4 is 11.7 Å². The summed E-state index contributed by atoms with van der Waals surface area (Å²) in [6, 6.07) is 11.0. The molecule has 0 spiro atoms. The number of carbonyl (C=O) groups is 1. The smallest absolute Gasteiger partial charge is 0.337 e. The van der Waals surface area contributed by atoms with Crippen LogP contribution in [0.25, 0.3) is 0 Å². The lowest BCUT2D eigenvalue weighted by Gasteiger charge is -2.10. The van der Waals surface area contributed by atoms with Crippen LogP contribution in [0.2, 0.25) is 0 Å². The van der Waals surface area contributed by atoms with Gasteiger partial charge in [0.05, 0.1) is 25.5 Å². The second-order valence-electron chi connectivity index (χ2n) is 4.10. The summed E-state index contributed by atoms with van der Waals surface area (Å²) in [5.41, 5.74) is 2.41. The van der Waals surface area contributed by atoms with E-state index in [9.17, 15) is 4.79 Å². The van der Waals surface area contributed by atoms with Crippen molar-refractivity contribution in [2.75, 3.05) is 19.5 Å². The quantitative estimate of drug-likeness (QED) is 0.847. The molecule has 20 heavy (non-hydrogen) atoms. The van der Waals surface area contributed by atoms with E-state index in [1.165, 1.54) is 7.11 Å². The predicted octanol–water partition coefficient (Wildman–Crippen LogP) is 2.49. The molecule has 1 aromatic heterocycles.